The molecule has 5 nitrogen and oxygen atoms in total. The van der Waals surface area contributed by atoms with Crippen LogP contribution < -0.4 is 15.8 Å². The van der Waals surface area contributed by atoms with Crippen molar-refractivity contribution in [3.8, 4) is 5.75 Å². The predicted molar refractivity (Wildman–Crippen MR) is 75.4 cm³/mol. The number of anilines is 1. The first-order valence-corrected chi connectivity index (χ1v) is 6.63. The van der Waals surface area contributed by atoms with E-state index in [1.54, 1.807) is 24.4 Å². The Hall–Kier alpha value is -2.08. The Morgan fingerprint density at radius 2 is 2.32 bits per heavy atom. The second-order valence-electron chi connectivity index (χ2n) is 4.03. The number of methoxy groups -OCH3 is 1. The van der Waals surface area contributed by atoms with Crippen LogP contribution in [0.3, 0.4) is 0 Å². The molecule has 0 saturated carbocycles. The number of rotatable bonds is 4. The number of ether oxygens (including phenoxy) is 1. The second-order valence-corrected chi connectivity index (χ2v) is 4.95. The van der Waals surface area contributed by atoms with E-state index >= 15 is 0 Å². The van der Waals surface area contributed by atoms with Gasteiger partial charge in [0.1, 0.15) is 10.8 Å². The van der Waals surface area contributed by atoms with Crippen LogP contribution in [-0.2, 0) is 0 Å². The van der Waals surface area contributed by atoms with E-state index in [9.17, 15) is 4.79 Å². The summed E-state index contributed by atoms with van der Waals surface area (Å²) >= 11 is 1.50. The van der Waals surface area contributed by atoms with Crippen molar-refractivity contribution in [1.29, 1.82) is 0 Å². The average Bonchev–Trinajstić information content (AvgIpc) is 2.92. The van der Waals surface area contributed by atoms with E-state index < -0.39 is 0 Å². The van der Waals surface area contributed by atoms with Crippen LogP contribution in [0.25, 0.3) is 0 Å². The zero-order valence-electron chi connectivity index (χ0n) is 10.7. The number of carbonyl (C=O) groups is 1. The fraction of sp³-hybridized carbons (Fsp3) is 0.231. The molecule has 0 spiro atoms. The summed E-state index contributed by atoms with van der Waals surface area (Å²) in [5, 5.41) is 5.62. The molecule has 1 unspecified atom stereocenters. The van der Waals surface area contributed by atoms with E-state index in [0.717, 1.165) is 5.01 Å². The number of aromatic nitrogens is 1. The minimum atomic E-state index is -0.209. The van der Waals surface area contributed by atoms with Crippen LogP contribution in [-0.4, -0.2) is 18.0 Å². The molecule has 0 saturated heterocycles. The molecular weight excluding hydrogens is 262 g/mol. The summed E-state index contributed by atoms with van der Waals surface area (Å²) in [4.78, 5) is 16.4. The topological polar surface area (TPSA) is 77.2 Å². The second kappa shape index (κ2) is 5.71. The van der Waals surface area contributed by atoms with E-state index in [1.165, 1.54) is 18.4 Å². The zero-order chi connectivity index (χ0) is 13.8. The van der Waals surface area contributed by atoms with Crippen LogP contribution in [0.15, 0.2) is 29.8 Å². The number of carbonyl (C=O) groups excluding carboxylic acids is 1. The number of thiazole rings is 1. The number of nitrogens with one attached hydrogen (secondary N) is 1. The van der Waals surface area contributed by atoms with Crippen LogP contribution in [0.1, 0.15) is 28.3 Å². The van der Waals surface area contributed by atoms with Crippen LogP contribution >= 0.6 is 11.3 Å². The number of nitrogens with two attached hydrogens (primary N) is 1. The quantitative estimate of drug-likeness (QED) is 0.840. The van der Waals surface area contributed by atoms with Crippen molar-refractivity contribution in [3.05, 3.63) is 40.3 Å². The fourth-order valence-corrected chi connectivity index (χ4v) is 2.33. The largest absolute Gasteiger partial charge is 0.496 e. The molecule has 1 atom stereocenters. The molecule has 100 valence electrons. The van der Waals surface area contributed by atoms with Gasteiger partial charge in [-0.2, -0.15) is 0 Å². The number of benzene rings is 1. The molecular formula is C13H15N3O2S. The summed E-state index contributed by atoms with van der Waals surface area (Å²) in [5.74, 6) is 0.253. The Morgan fingerprint density at radius 1 is 1.53 bits per heavy atom. The highest BCUT2D eigenvalue weighted by Gasteiger charge is 2.16. The highest BCUT2D eigenvalue weighted by Crippen LogP contribution is 2.23. The summed E-state index contributed by atoms with van der Waals surface area (Å²) < 4.78 is 5.17. The Balaban J connectivity index is 2.16. The molecule has 0 aliphatic rings. The molecule has 3 N–H and O–H groups in total. The predicted octanol–water partition coefficient (Wildman–Crippen LogP) is 2.22. The molecule has 19 heavy (non-hydrogen) atoms. The summed E-state index contributed by atoms with van der Waals surface area (Å²) in [6, 6.07) is 4.81. The van der Waals surface area contributed by atoms with Crippen molar-refractivity contribution in [2.24, 2.45) is 0 Å². The van der Waals surface area contributed by atoms with Crippen molar-refractivity contribution >= 4 is 22.9 Å². The molecule has 1 heterocycles. The first-order valence-electron chi connectivity index (χ1n) is 5.75. The first-order chi connectivity index (χ1) is 9.11. The third-order valence-electron chi connectivity index (χ3n) is 2.64. The van der Waals surface area contributed by atoms with E-state index in [4.69, 9.17) is 10.5 Å². The van der Waals surface area contributed by atoms with Gasteiger partial charge in [0.2, 0.25) is 0 Å². The highest BCUT2D eigenvalue weighted by molar-refractivity contribution is 7.09. The molecule has 0 radical (unpaired) electrons. The fourth-order valence-electron chi connectivity index (χ4n) is 1.68. The van der Waals surface area contributed by atoms with Gasteiger partial charge in [-0.25, -0.2) is 4.98 Å². The maximum absolute atomic E-state index is 12.2. The van der Waals surface area contributed by atoms with Crippen molar-refractivity contribution < 1.29 is 9.53 Å². The Labute approximate surface area is 115 Å². The van der Waals surface area contributed by atoms with Gasteiger partial charge in [0, 0.05) is 23.3 Å². The molecule has 2 rings (SSSR count). The zero-order valence-corrected chi connectivity index (χ0v) is 11.5. The lowest BCUT2D eigenvalue weighted by Gasteiger charge is -2.13. The molecule has 0 bridgehead atoms. The van der Waals surface area contributed by atoms with Crippen LogP contribution in [0.2, 0.25) is 0 Å². The van der Waals surface area contributed by atoms with Crippen molar-refractivity contribution in [1.82, 2.24) is 10.3 Å². The lowest BCUT2D eigenvalue weighted by atomic mass is 10.1. The van der Waals surface area contributed by atoms with E-state index in [1.807, 2.05) is 12.3 Å². The van der Waals surface area contributed by atoms with Crippen LogP contribution in [0, 0.1) is 0 Å². The van der Waals surface area contributed by atoms with Crippen molar-refractivity contribution in [2.75, 3.05) is 12.8 Å². The molecule has 1 amide bonds. The van der Waals surface area contributed by atoms with Crippen LogP contribution in [0.5, 0.6) is 5.75 Å². The van der Waals surface area contributed by atoms with Gasteiger partial charge in [-0.05, 0) is 19.1 Å². The SMILES string of the molecule is COc1cc(N)ccc1C(=O)NC(C)c1nccs1. The molecule has 0 aliphatic heterocycles. The van der Waals surface area contributed by atoms with Gasteiger partial charge >= 0.3 is 0 Å². The van der Waals surface area contributed by atoms with Gasteiger partial charge in [0.05, 0.1) is 18.7 Å². The smallest absolute Gasteiger partial charge is 0.255 e. The minimum absolute atomic E-state index is 0.144. The van der Waals surface area contributed by atoms with Gasteiger partial charge in [-0.15, -0.1) is 11.3 Å². The van der Waals surface area contributed by atoms with E-state index in [2.05, 4.69) is 10.3 Å². The standard InChI is InChI=1S/C13H15N3O2S/c1-8(13-15-5-6-19-13)16-12(17)10-4-3-9(14)7-11(10)18-2/h3-8H,14H2,1-2H3,(H,16,17). The van der Waals surface area contributed by atoms with E-state index in [0.29, 0.717) is 17.0 Å². The molecule has 2 aromatic rings. The van der Waals surface area contributed by atoms with E-state index in [-0.39, 0.29) is 11.9 Å². The monoisotopic (exact) mass is 277 g/mol. The number of amides is 1. The average molecular weight is 277 g/mol. The highest BCUT2D eigenvalue weighted by atomic mass is 32.1. The Bertz CT molecular complexity index is 569. The molecule has 6 heteroatoms. The summed E-state index contributed by atoms with van der Waals surface area (Å²) in [6.45, 7) is 1.89. The van der Waals surface area contributed by atoms with Gasteiger partial charge in [-0.3, -0.25) is 4.79 Å². The normalized spacial score (nSPS) is 11.9. The van der Waals surface area contributed by atoms with Gasteiger partial charge in [0.15, 0.2) is 0 Å². The molecule has 0 fully saturated rings. The summed E-state index contributed by atoms with van der Waals surface area (Å²) in [5.41, 5.74) is 6.68. The maximum atomic E-state index is 12.2. The lowest BCUT2D eigenvalue weighted by Crippen LogP contribution is -2.27. The number of nitrogens with zero attached hydrogens (tertiary/aromatic N) is 1. The van der Waals surface area contributed by atoms with Gasteiger partial charge in [0.25, 0.3) is 5.91 Å². The van der Waals surface area contributed by atoms with Crippen LogP contribution in [0.4, 0.5) is 5.69 Å². The summed E-state index contributed by atoms with van der Waals surface area (Å²) in [6.07, 6.45) is 1.71. The Kier molecular flexibility index (Phi) is 4.01. The first kappa shape index (κ1) is 13.4. The molecule has 0 aliphatic carbocycles. The third-order valence-corrected chi connectivity index (χ3v) is 3.60. The minimum Gasteiger partial charge on any atom is -0.496 e. The maximum Gasteiger partial charge on any atom is 0.255 e. The van der Waals surface area contributed by atoms with Crippen molar-refractivity contribution in [2.45, 2.75) is 13.0 Å². The molecule has 1 aromatic carbocycles. The third kappa shape index (κ3) is 3.03. The Morgan fingerprint density at radius 3 is 2.95 bits per heavy atom. The van der Waals surface area contributed by atoms with Gasteiger partial charge in [-0.1, -0.05) is 0 Å². The summed E-state index contributed by atoms with van der Waals surface area (Å²) in [7, 11) is 1.51. The lowest BCUT2D eigenvalue weighted by molar-refractivity contribution is 0.0937. The molecule has 1 aromatic heterocycles. The number of nitrogen functional groups attached to an aromatic ring is 1. The number of hydrogen-bond acceptors (Lipinski definition) is 5. The van der Waals surface area contributed by atoms with Gasteiger partial charge < -0.3 is 15.8 Å². The number of hydrogen-bond donors (Lipinski definition) is 2. The van der Waals surface area contributed by atoms with Crippen molar-refractivity contribution in [3.63, 3.8) is 0 Å².